The first-order valence-corrected chi connectivity index (χ1v) is 9.25. The molecule has 0 aliphatic rings. The molecule has 0 aliphatic heterocycles. The van der Waals surface area contributed by atoms with Crippen molar-refractivity contribution in [1.29, 1.82) is 0 Å². The van der Waals surface area contributed by atoms with Gasteiger partial charge >= 0.3 is 0 Å². The lowest BCUT2D eigenvalue weighted by molar-refractivity contribution is 0.0937. The van der Waals surface area contributed by atoms with Crippen molar-refractivity contribution in [3.05, 3.63) is 78.5 Å². The van der Waals surface area contributed by atoms with Crippen molar-refractivity contribution < 1.29 is 18.7 Å². The number of hydrogen-bond donors (Lipinski definition) is 1. The highest BCUT2D eigenvalue weighted by Crippen LogP contribution is 2.30. The van der Waals surface area contributed by atoms with E-state index in [1.807, 2.05) is 30.3 Å². The van der Waals surface area contributed by atoms with Crippen molar-refractivity contribution in [2.75, 3.05) is 14.2 Å². The first kappa shape index (κ1) is 19.3. The fourth-order valence-electron chi connectivity index (χ4n) is 2.97. The second-order valence-electron chi connectivity index (χ2n) is 6.34. The maximum absolute atomic E-state index is 12.7. The molecule has 1 amide bonds. The number of aromatic nitrogens is 3. The van der Waals surface area contributed by atoms with Gasteiger partial charge in [-0.1, -0.05) is 30.3 Å². The van der Waals surface area contributed by atoms with Gasteiger partial charge in [-0.3, -0.25) is 4.79 Å². The molecule has 4 aromatic rings. The Kier molecular flexibility index (Phi) is 5.47. The van der Waals surface area contributed by atoms with E-state index in [1.165, 1.54) is 0 Å². The fraction of sp³-hybridized carbons (Fsp3) is 0.136. The minimum atomic E-state index is -0.413. The standard InChI is InChI=1S/C22H20N4O4/c1-28-16-10-11-19(29-2)18(13-16)26-21(15-7-4-3-5-8-15)24-20(25-26)22(27)23-14-17-9-6-12-30-17/h3-13H,14H2,1-2H3,(H,23,27). The smallest absolute Gasteiger partial charge is 0.291 e. The zero-order valence-corrected chi connectivity index (χ0v) is 16.5. The number of carbonyl (C=O) groups excluding carboxylic acids is 1. The normalized spacial score (nSPS) is 10.6. The van der Waals surface area contributed by atoms with Crippen molar-refractivity contribution in [2.24, 2.45) is 0 Å². The summed E-state index contributed by atoms with van der Waals surface area (Å²) in [5, 5.41) is 7.24. The Labute approximate surface area is 173 Å². The third-order valence-electron chi connectivity index (χ3n) is 4.46. The molecular formula is C22H20N4O4. The van der Waals surface area contributed by atoms with Gasteiger partial charge in [0.1, 0.15) is 22.9 Å². The van der Waals surface area contributed by atoms with Gasteiger partial charge in [0.2, 0.25) is 5.82 Å². The van der Waals surface area contributed by atoms with E-state index in [0.717, 1.165) is 5.56 Å². The maximum atomic E-state index is 12.7. The van der Waals surface area contributed by atoms with Gasteiger partial charge in [0.25, 0.3) is 5.91 Å². The lowest BCUT2D eigenvalue weighted by Crippen LogP contribution is -2.24. The van der Waals surface area contributed by atoms with E-state index in [4.69, 9.17) is 13.9 Å². The van der Waals surface area contributed by atoms with Crippen LogP contribution in [0.25, 0.3) is 17.1 Å². The Hall–Kier alpha value is -4.07. The van der Waals surface area contributed by atoms with Crippen LogP contribution < -0.4 is 14.8 Å². The summed E-state index contributed by atoms with van der Waals surface area (Å²) in [4.78, 5) is 17.2. The predicted molar refractivity (Wildman–Crippen MR) is 110 cm³/mol. The number of rotatable bonds is 7. The quantitative estimate of drug-likeness (QED) is 0.507. The number of furan rings is 1. The molecule has 0 unspecified atom stereocenters. The largest absolute Gasteiger partial charge is 0.497 e. The molecule has 152 valence electrons. The first-order valence-electron chi connectivity index (χ1n) is 9.25. The van der Waals surface area contributed by atoms with E-state index in [1.54, 1.807) is 55.5 Å². The van der Waals surface area contributed by atoms with Crippen molar-refractivity contribution >= 4 is 5.91 Å². The van der Waals surface area contributed by atoms with Gasteiger partial charge in [-0.2, -0.15) is 0 Å². The van der Waals surface area contributed by atoms with E-state index < -0.39 is 5.91 Å². The molecule has 30 heavy (non-hydrogen) atoms. The summed E-state index contributed by atoms with van der Waals surface area (Å²) in [7, 11) is 3.15. The molecular weight excluding hydrogens is 384 g/mol. The Morgan fingerprint density at radius 3 is 2.60 bits per heavy atom. The lowest BCUT2D eigenvalue weighted by atomic mass is 10.2. The van der Waals surface area contributed by atoms with Gasteiger partial charge < -0.3 is 19.2 Å². The van der Waals surface area contributed by atoms with Crippen LogP contribution >= 0.6 is 0 Å². The van der Waals surface area contributed by atoms with E-state index in [9.17, 15) is 4.79 Å². The monoisotopic (exact) mass is 404 g/mol. The lowest BCUT2D eigenvalue weighted by Gasteiger charge is -2.12. The second kappa shape index (κ2) is 8.52. The van der Waals surface area contributed by atoms with Crippen LogP contribution in [0.1, 0.15) is 16.4 Å². The molecule has 0 bridgehead atoms. The number of benzene rings is 2. The van der Waals surface area contributed by atoms with Gasteiger partial charge in [-0.05, 0) is 24.3 Å². The molecule has 0 aliphatic carbocycles. The molecule has 0 saturated carbocycles. The van der Waals surface area contributed by atoms with Crippen LogP contribution in [0.5, 0.6) is 11.5 Å². The average Bonchev–Trinajstić information content (AvgIpc) is 3.48. The van der Waals surface area contributed by atoms with Crippen molar-refractivity contribution in [3.8, 4) is 28.6 Å². The van der Waals surface area contributed by atoms with Crippen molar-refractivity contribution in [1.82, 2.24) is 20.1 Å². The molecule has 8 heteroatoms. The van der Waals surface area contributed by atoms with Gasteiger partial charge in [-0.25, -0.2) is 9.67 Å². The van der Waals surface area contributed by atoms with Crippen LogP contribution in [0.15, 0.2) is 71.3 Å². The summed E-state index contributed by atoms with van der Waals surface area (Å²) in [5.74, 6) is 1.96. The van der Waals surface area contributed by atoms with Gasteiger partial charge in [-0.15, -0.1) is 5.10 Å². The molecule has 2 aromatic carbocycles. The maximum Gasteiger partial charge on any atom is 0.291 e. The summed E-state index contributed by atoms with van der Waals surface area (Å²) in [6, 6.07) is 18.4. The van der Waals surface area contributed by atoms with E-state index in [2.05, 4.69) is 15.4 Å². The molecule has 8 nitrogen and oxygen atoms in total. The molecule has 4 rings (SSSR count). The van der Waals surface area contributed by atoms with Gasteiger partial charge in [0.15, 0.2) is 5.82 Å². The molecule has 0 saturated heterocycles. The number of amides is 1. The highest BCUT2D eigenvalue weighted by molar-refractivity contribution is 5.91. The zero-order chi connectivity index (χ0) is 20.9. The third-order valence-corrected chi connectivity index (χ3v) is 4.46. The Bertz CT molecular complexity index is 1140. The number of methoxy groups -OCH3 is 2. The molecule has 2 aromatic heterocycles. The minimum Gasteiger partial charge on any atom is -0.497 e. The van der Waals surface area contributed by atoms with Crippen LogP contribution in [-0.4, -0.2) is 34.9 Å². The molecule has 1 N–H and O–H groups in total. The van der Waals surface area contributed by atoms with Gasteiger partial charge in [0.05, 0.1) is 27.0 Å². The third kappa shape index (κ3) is 3.88. The topological polar surface area (TPSA) is 91.4 Å². The van der Waals surface area contributed by atoms with Gasteiger partial charge in [0, 0.05) is 11.6 Å². The Morgan fingerprint density at radius 1 is 1.07 bits per heavy atom. The van der Waals surface area contributed by atoms with Crippen LogP contribution in [0.4, 0.5) is 0 Å². The molecule has 0 fully saturated rings. The van der Waals surface area contributed by atoms with Crippen LogP contribution in [0.2, 0.25) is 0 Å². The highest BCUT2D eigenvalue weighted by Gasteiger charge is 2.21. The number of nitrogens with one attached hydrogen (secondary N) is 1. The number of carbonyl (C=O) groups is 1. The molecule has 0 spiro atoms. The fourth-order valence-corrected chi connectivity index (χ4v) is 2.97. The Balaban J connectivity index is 1.76. The van der Waals surface area contributed by atoms with Crippen molar-refractivity contribution in [2.45, 2.75) is 6.54 Å². The van der Waals surface area contributed by atoms with Crippen molar-refractivity contribution in [3.63, 3.8) is 0 Å². The number of nitrogens with zero attached hydrogens (tertiary/aromatic N) is 3. The number of ether oxygens (including phenoxy) is 2. The minimum absolute atomic E-state index is 0.0327. The molecule has 2 heterocycles. The molecule has 0 radical (unpaired) electrons. The average molecular weight is 404 g/mol. The first-order chi connectivity index (χ1) is 14.7. The van der Waals surface area contributed by atoms with E-state index in [0.29, 0.717) is 28.8 Å². The highest BCUT2D eigenvalue weighted by atomic mass is 16.5. The van der Waals surface area contributed by atoms with E-state index in [-0.39, 0.29) is 12.4 Å². The van der Waals surface area contributed by atoms with Crippen LogP contribution in [0, 0.1) is 0 Å². The van der Waals surface area contributed by atoms with Crippen LogP contribution in [-0.2, 0) is 6.54 Å². The van der Waals surface area contributed by atoms with Crippen LogP contribution in [0.3, 0.4) is 0 Å². The predicted octanol–water partition coefficient (Wildman–Crippen LogP) is 3.47. The number of hydrogen-bond acceptors (Lipinski definition) is 6. The van der Waals surface area contributed by atoms with E-state index >= 15 is 0 Å². The second-order valence-corrected chi connectivity index (χ2v) is 6.34. The summed E-state index contributed by atoms with van der Waals surface area (Å²) in [6.45, 7) is 0.240. The Morgan fingerprint density at radius 2 is 1.90 bits per heavy atom. The summed E-state index contributed by atoms with van der Waals surface area (Å²) in [5.41, 5.74) is 1.41. The molecule has 0 atom stereocenters. The zero-order valence-electron chi connectivity index (χ0n) is 16.5. The SMILES string of the molecule is COc1ccc(OC)c(-n2nc(C(=O)NCc3ccco3)nc2-c2ccccc2)c1. The summed E-state index contributed by atoms with van der Waals surface area (Å²) >= 11 is 0. The summed E-state index contributed by atoms with van der Waals surface area (Å²) < 4.78 is 17.7. The summed E-state index contributed by atoms with van der Waals surface area (Å²) in [6.07, 6.45) is 1.55.